The molecule has 2 heterocycles. The molecule has 2 fully saturated rings. The lowest BCUT2D eigenvalue weighted by atomic mass is 10.1. The van der Waals surface area contributed by atoms with Gasteiger partial charge in [-0.3, -0.25) is 4.79 Å². The molecule has 0 spiro atoms. The summed E-state index contributed by atoms with van der Waals surface area (Å²) in [5.41, 5.74) is 2.17. The lowest BCUT2D eigenvalue weighted by Crippen LogP contribution is -2.29. The largest absolute Gasteiger partial charge is 0.372 e. The number of rotatable bonds is 4. The summed E-state index contributed by atoms with van der Waals surface area (Å²) in [6.07, 6.45) is 5.52. The molecule has 1 unspecified atom stereocenters. The fraction of sp³-hybridized carbons (Fsp3) is 0.588. The van der Waals surface area contributed by atoms with Gasteiger partial charge in [0.2, 0.25) is 5.91 Å². The number of hydrogen-bond acceptors (Lipinski definition) is 3. The van der Waals surface area contributed by atoms with E-state index in [1.165, 1.54) is 24.9 Å². The second kappa shape index (κ2) is 6.48. The number of nitrogens with zero attached hydrogens (tertiary/aromatic N) is 2. The molecular formula is C17H25N3O. The Hall–Kier alpha value is -1.55. The number of amides is 1. The van der Waals surface area contributed by atoms with Gasteiger partial charge in [-0.2, -0.15) is 0 Å². The van der Waals surface area contributed by atoms with Gasteiger partial charge in [-0.1, -0.05) is 0 Å². The van der Waals surface area contributed by atoms with Crippen LogP contribution in [0.3, 0.4) is 0 Å². The molecule has 4 heteroatoms. The zero-order chi connectivity index (χ0) is 14.7. The smallest absolute Gasteiger partial charge is 0.225 e. The minimum Gasteiger partial charge on any atom is -0.372 e. The molecule has 0 bridgehead atoms. The summed E-state index contributed by atoms with van der Waals surface area (Å²) >= 11 is 0. The van der Waals surface area contributed by atoms with E-state index in [1.807, 2.05) is 12.1 Å². The van der Waals surface area contributed by atoms with Crippen molar-refractivity contribution in [2.45, 2.75) is 38.1 Å². The van der Waals surface area contributed by atoms with Crippen LogP contribution >= 0.6 is 0 Å². The fourth-order valence-corrected chi connectivity index (χ4v) is 3.39. The highest BCUT2D eigenvalue weighted by Gasteiger charge is 2.23. The summed E-state index contributed by atoms with van der Waals surface area (Å²) in [5.74, 6) is 0.127. The van der Waals surface area contributed by atoms with Gasteiger partial charge in [0.05, 0.1) is 0 Å². The number of nitrogens with one attached hydrogen (secondary N) is 1. The average molecular weight is 287 g/mol. The first-order valence-electron chi connectivity index (χ1n) is 8.07. The summed E-state index contributed by atoms with van der Waals surface area (Å²) in [6.45, 7) is 3.42. The number of anilines is 2. The first kappa shape index (κ1) is 14.4. The lowest BCUT2D eigenvalue weighted by molar-refractivity contribution is -0.117. The van der Waals surface area contributed by atoms with Gasteiger partial charge in [0.25, 0.3) is 0 Å². The van der Waals surface area contributed by atoms with Crippen molar-refractivity contribution in [1.82, 2.24) is 4.90 Å². The molecular weight excluding hydrogens is 262 g/mol. The molecule has 1 atom stereocenters. The molecule has 21 heavy (non-hydrogen) atoms. The van der Waals surface area contributed by atoms with E-state index in [0.717, 1.165) is 31.7 Å². The predicted octanol–water partition coefficient (Wildman–Crippen LogP) is 2.71. The van der Waals surface area contributed by atoms with E-state index in [1.54, 1.807) is 0 Å². The van der Waals surface area contributed by atoms with Crippen molar-refractivity contribution in [2.75, 3.05) is 36.9 Å². The predicted molar refractivity (Wildman–Crippen MR) is 86.8 cm³/mol. The van der Waals surface area contributed by atoms with Crippen LogP contribution in [0.25, 0.3) is 0 Å². The third-order valence-corrected chi connectivity index (χ3v) is 4.71. The molecule has 1 aromatic rings. The van der Waals surface area contributed by atoms with Crippen LogP contribution in [0.15, 0.2) is 24.3 Å². The molecule has 3 rings (SSSR count). The molecule has 0 aromatic heterocycles. The second-order valence-electron chi connectivity index (χ2n) is 6.27. The summed E-state index contributed by atoms with van der Waals surface area (Å²) in [6, 6.07) is 8.67. The summed E-state index contributed by atoms with van der Waals surface area (Å²) in [5, 5.41) is 3.02. The normalized spacial score (nSPS) is 22.7. The van der Waals surface area contributed by atoms with Crippen molar-refractivity contribution in [3.63, 3.8) is 0 Å². The van der Waals surface area contributed by atoms with Gasteiger partial charge in [0, 0.05) is 36.9 Å². The van der Waals surface area contributed by atoms with Crippen LogP contribution < -0.4 is 10.2 Å². The van der Waals surface area contributed by atoms with Crippen LogP contribution in [0.1, 0.15) is 32.1 Å². The van der Waals surface area contributed by atoms with E-state index >= 15 is 0 Å². The third-order valence-electron chi connectivity index (χ3n) is 4.71. The number of benzene rings is 1. The molecule has 2 aliphatic heterocycles. The Kier molecular flexibility index (Phi) is 4.44. The zero-order valence-electron chi connectivity index (χ0n) is 12.8. The maximum absolute atomic E-state index is 12.1. The van der Waals surface area contributed by atoms with Crippen molar-refractivity contribution >= 4 is 17.3 Å². The molecule has 2 saturated heterocycles. The van der Waals surface area contributed by atoms with Gasteiger partial charge < -0.3 is 15.1 Å². The minimum atomic E-state index is 0.127. The number of carbonyl (C=O) groups excluding carboxylic acids is 1. The highest BCUT2D eigenvalue weighted by Crippen LogP contribution is 2.23. The maximum Gasteiger partial charge on any atom is 0.225 e. The summed E-state index contributed by atoms with van der Waals surface area (Å²) < 4.78 is 0. The summed E-state index contributed by atoms with van der Waals surface area (Å²) in [4.78, 5) is 16.8. The van der Waals surface area contributed by atoms with Crippen molar-refractivity contribution in [3.8, 4) is 0 Å². The molecule has 1 amide bonds. The number of carbonyl (C=O) groups is 1. The van der Waals surface area contributed by atoms with E-state index in [2.05, 4.69) is 34.3 Å². The lowest BCUT2D eigenvalue weighted by Gasteiger charge is -2.19. The monoisotopic (exact) mass is 287 g/mol. The van der Waals surface area contributed by atoms with E-state index < -0.39 is 0 Å². The molecule has 2 aliphatic rings. The van der Waals surface area contributed by atoms with Crippen molar-refractivity contribution in [2.24, 2.45) is 0 Å². The SMILES string of the molecule is CN1CCCC1CC(=O)Nc1ccc(N2CCCC2)cc1. The van der Waals surface area contributed by atoms with Crippen molar-refractivity contribution in [1.29, 1.82) is 0 Å². The average Bonchev–Trinajstić information content (AvgIpc) is 3.12. The Morgan fingerprint density at radius 1 is 1.14 bits per heavy atom. The number of likely N-dealkylation sites (tertiary alicyclic amines) is 1. The highest BCUT2D eigenvalue weighted by molar-refractivity contribution is 5.91. The maximum atomic E-state index is 12.1. The molecule has 0 aliphatic carbocycles. The Morgan fingerprint density at radius 3 is 2.48 bits per heavy atom. The molecule has 0 radical (unpaired) electrons. The topological polar surface area (TPSA) is 35.6 Å². The number of hydrogen-bond donors (Lipinski definition) is 1. The van der Waals surface area contributed by atoms with Gasteiger partial charge in [0.1, 0.15) is 0 Å². The third kappa shape index (κ3) is 3.56. The van der Waals surface area contributed by atoms with Crippen LogP contribution in [0.2, 0.25) is 0 Å². The van der Waals surface area contributed by atoms with Crippen LogP contribution in [0.4, 0.5) is 11.4 Å². The van der Waals surface area contributed by atoms with Crippen LogP contribution in [0.5, 0.6) is 0 Å². The van der Waals surface area contributed by atoms with E-state index in [9.17, 15) is 4.79 Å². The van der Waals surface area contributed by atoms with E-state index in [4.69, 9.17) is 0 Å². The first-order valence-corrected chi connectivity index (χ1v) is 8.07. The van der Waals surface area contributed by atoms with E-state index in [-0.39, 0.29) is 5.91 Å². The molecule has 114 valence electrons. The first-order chi connectivity index (χ1) is 10.2. The molecule has 1 N–H and O–H groups in total. The molecule has 4 nitrogen and oxygen atoms in total. The van der Waals surface area contributed by atoms with Gasteiger partial charge in [0.15, 0.2) is 0 Å². The Morgan fingerprint density at radius 2 is 1.86 bits per heavy atom. The second-order valence-corrected chi connectivity index (χ2v) is 6.27. The van der Waals surface area contributed by atoms with Gasteiger partial charge >= 0.3 is 0 Å². The van der Waals surface area contributed by atoms with Crippen LogP contribution in [-0.2, 0) is 4.79 Å². The quantitative estimate of drug-likeness (QED) is 0.925. The highest BCUT2D eigenvalue weighted by atomic mass is 16.1. The Bertz CT molecular complexity index is 479. The minimum absolute atomic E-state index is 0.127. The van der Waals surface area contributed by atoms with Gasteiger partial charge in [-0.05, 0) is 63.5 Å². The summed E-state index contributed by atoms with van der Waals surface area (Å²) in [7, 11) is 2.11. The zero-order valence-corrected chi connectivity index (χ0v) is 12.8. The van der Waals surface area contributed by atoms with Crippen molar-refractivity contribution in [3.05, 3.63) is 24.3 Å². The fourth-order valence-electron chi connectivity index (χ4n) is 3.39. The Balaban J connectivity index is 1.53. The van der Waals surface area contributed by atoms with Crippen LogP contribution in [0, 0.1) is 0 Å². The Labute approximate surface area is 127 Å². The van der Waals surface area contributed by atoms with E-state index in [0.29, 0.717) is 12.5 Å². The molecule has 0 saturated carbocycles. The van der Waals surface area contributed by atoms with Gasteiger partial charge in [-0.25, -0.2) is 0 Å². The van der Waals surface area contributed by atoms with Crippen molar-refractivity contribution < 1.29 is 4.79 Å². The van der Waals surface area contributed by atoms with Crippen LogP contribution in [-0.4, -0.2) is 43.5 Å². The molecule has 1 aromatic carbocycles. The standard InChI is InChI=1S/C17H25N3O/c1-19-10-4-5-16(19)13-17(21)18-14-6-8-15(9-7-14)20-11-2-3-12-20/h6-9,16H,2-5,10-13H2,1H3,(H,18,21). The van der Waals surface area contributed by atoms with Gasteiger partial charge in [-0.15, -0.1) is 0 Å².